The molecule has 0 fully saturated rings. The van der Waals surface area contributed by atoms with E-state index in [1.807, 2.05) is 0 Å². The number of para-hydroxylation sites is 2. The second-order valence-electron chi connectivity index (χ2n) is 14.2. The molecule has 56 heavy (non-hydrogen) atoms. The van der Waals surface area contributed by atoms with Crippen molar-refractivity contribution in [3.8, 4) is 50.2 Å². The minimum atomic E-state index is 1.09. The van der Waals surface area contributed by atoms with Gasteiger partial charge in [0.25, 0.3) is 0 Å². The first-order valence-electron chi connectivity index (χ1n) is 19.2. The number of benzene rings is 9. The Morgan fingerprint density at radius 2 is 0.750 bits per heavy atom. The van der Waals surface area contributed by atoms with Crippen LogP contribution in [0.4, 0.5) is 17.1 Å². The Hall–Kier alpha value is -7.42. The quantitative estimate of drug-likeness (QED) is 0.152. The van der Waals surface area contributed by atoms with Crippen LogP contribution in [0.3, 0.4) is 0 Å². The van der Waals surface area contributed by atoms with Crippen LogP contribution in [0, 0.1) is 0 Å². The average molecular weight is 715 g/mol. The molecule has 0 N–H and O–H groups in total. The molecule has 0 amide bonds. The summed E-state index contributed by atoms with van der Waals surface area (Å²) in [5, 5.41) is 2.52. The van der Waals surface area contributed by atoms with Crippen LogP contribution in [0.25, 0.3) is 72.0 Å². The first-order chi connectivity index (χ1) is 27.8. The van der Waals surface area contributed by atoms with Gasteiger partial charge in [-0.1, -0.05) is 170 Å². The summed E-state index contributed by atoms with van der Waals surface area (Å²) < 4.78 is 2.39. The highest BCUT2D eigenvalue weighted by Crippen LogP contribution is 2.44. The fraction of sp³-hybridized carbons (Fsp3) is 0. The number of fused-ring (bicyclic) bond motifs is 3. The van der Waals surface area contributed by atoms with Crippen molar-refractivity contribution in [3.05, 3.63) is 231 Å². The van der Waals surface area contributed by atoms with Crippen LogP contribution in [0.2, 0.25) is 0 Å². The standard InChI is InChI=1S/C54H38N2/c1-4-16-39(17-5-1)41-30-33-46(34-31-41)55(54-35-32-45(40-18-6-2-7-19-40)38-51(54)42-20-8-3-9-21-42)47-24-14-22-43(36-47)44-23-15-25-48(37-44)56-52-28-12-10-26-49(52)50-27-11-13-29-53(50)56/h1-38H. The van der Waals surface area contributed by atoms with E-state index in [4.69, 9.17) is 0 Å². The summed E-state index contributed by atoms with van der Waals surface area (Å²) in [7, 11) is 0. The Morgan fingerprint density at radius 3 is 1.39 bits per heavy atom. The topological polar surface area (TPSA) is 8.17 Å². The molecule has 10 rings (SSSR count). The molecule has 0 spiro atoms. The summed E-state index contributed by atoms with van der Waals surface area (Å²) in [5.74, 6) is 0. The lowest BCUT2D eigenvalue weighted by atomic mass is 9.95. The van der Waals surface area contributed by atoms with Gasteiger partial charge in [0.05, 0.1) is 16.7 Å². The van der Waals surface area contributed by atoms with E-state index in [1.54, 1.807) is 0 Å². The minimum Gasteiger partial charge on any atom is -0.310 e. The van der Waals surface area contributed by atoms with E-state index in [0.29, 0.717) is 0 Å². The van der Waals surface area contributed by atoms with Gasteiger partial charge in [0.15, 0.2) is 0 Å². The molecule has 2 heteroatoms. The summed E-state index contributed by atoms with van der Waals surface area (Å²) in [6.07, 6.45) is 0. The lowest BCUT2D eigenvalue weighted by Crippen LogP contribution is -2.11. The van der Waals surface area contributed by atoms with Gasteiger partial charge in [-0.15, -0.1) is 0 Å². The van der Waals surface area contributed by atoms with Crippen molar-refractivity contribution in [2.45, 2.75) is 0 Å². The molecule has 9 aromatic carbocycles. The van der Waals surface area contributed by atoms with Crippen molar-refractivity contribution in [2.75, 3.05) is 4.90 Å². The third kappa shape index (κ3) is 6.14. The minimum absolute atomic E-state index is 1.09. The molecule has 0 bridgehead atoms. The van der Waals surface area contributed by atoms with Gasteiger partial charge in [0.2, 0.25) is 0 Å². The molecule has 0 aliphatic heterocycles. The van der Waals surface area contributed by atoms with Gasteiger partial charge < -0.3 is 9.47 Å². The highest BCUT2D eigenvalue weighted by Gasteiger charge is 2.20. The third-order valence-electron chi connectivity index (χ3n) is 10.8. The van der Waals surface area contributed by atoms with E-state index in [1.165, 1.54) is 49.6 Å². The molecule has 1 aromatic heterocycles. The molecule has 2 nitrogen and oxygen atoms in total. The highest BCUT2D eigenvalue weighted by molar-refractivity contribution is 6.09. The summed E-state index contributed by atoms with van der Waals surface area (Å²) in [6, 6.07) is 83.1. The smallest absolute Gasteiger partial charge is 0.0541 e. The number of anilines is 3. The molecule has 0 aliphatic rings. The second kappa shape index (κ2) is 14.4. The first-order valence-corrected chi connectivity index (χ1v) is 19.2. The zero-order valence-electron chi connectivity index (χ0n) is 30.8. The molecule has 0 atom stereocenters. The third-order valence-corrected chi connectivity index (χ3v) is 10.8. The summed E-state index contributed by atoms with van der Waals surface area (Å²) in [6.45, 7) is 0. The van der Waals surface area contributed by atoms with Gasteiger partial charge in [-0.3, -0.25) is 0 Å². The van der Waals surface area contributed by atoms with Crippen LogP contribution in [0.1, 0.15) is 0 Å². The fourth-order valence-electron chi connectivity index (χ4n) is 8.10. The van der Waals surface area contributed by atoms with Gasteiger partial charge >= 0.3 is 0 Å². The van der Waals surface area contributed by atoms with Crippen LogP contribution >= 0.6 is 0 Å². The largest absolute Gasteiger partial charge is 0.310 e. The van der Waals surface area contributed by atoms with Crippen LogP contribution in [-0.2, 0) is 0 Å². The lowest BCUT2D eigenvalue weighted by molar-refractivity contribution is 1.18. The van der Waals surface area contributed by atoms with Crippen LogP contribution in [0.5, 0.6) is 0 Å². The van der Waals surface area contributed by atoms with E-state index in [-0.39, 0.29) is 0 Å². The molecule has 0 saturated carbocycles. The molecule has 1 heterocycles. The van der Waals surface area contributed by atoms with E-state index in [9.17, 15) is 0 Å². The summed E-state index contributed by atoms with van der Waals surface area (Å²) >= 11 is 0. The van der Waals surface area contributed by atoms with Crippen LogP contribution < -0.4 is 4.90 Å². The number of hydrogen-bond donors (Lipinski definition) is 0. The van der Waals surface area contributed by atoms with Crippen molar-refractivity contribution in [2.24, 2.45) is 0 Å². The van der Waals surface area contributed by atoms with E-state index < -0.39 is 0 Å². The van der Waals surface area contributed by atoms with Gasteiger partial charge in [-0.25, -0.2) is 0 Å². The molecular formula is C54H38N2. The van der Waals surface area contributed by atoms with Crippen molar-refractivity contribution >= 4 is 38.9 Å². The number of rotatable bonds is 8. The zero-order chi connectivity index (χ0) is 37.3. The van der Waals surface area contributed by atoms with Gasteiger partial charge in [-0.2, -0.15) is 0 Å². The second-order valence-corrected chi connectivity index (χ2v) is 14.2. The number of aromatic nitrogens is 1. The number of hydrogen-bond acceptors (Lipinski definition) is 1. The SMILES string of the molecule is c1ccc(-c2ccc(N(c3cccc(-c4cccc(-n5c6ccccc6c6ccccc65)c4)c3)c3ccc(-c4ccccc4)cc3-c3ccccc3)cc2)cc1. The van der Waals surface area contributed by atoms with Gasteiger partial charge in [0.1, 0.15) is 0 Å². The van der Waals surface area contributed by atoms with Crippen molar-refractivity contribution < 1.29 is 0 Å². The maximum absolute atomic E-state index is 2.41. The van der Waals surface area contributed by atoms with Crippen LogP contribution in [-0.4, -0.2) is 4.57 Å². The molecule has 0 unspecified atom stereocenters. The average Bonchev–Trinajstić information content (AvgIpc) is 3.62. The van der Waals surface area contributed by atoms with E-state index in [2.05, 4.69) is 240 Å². The predicted molar refractivity (Wildman–Crippen MR) is 237 cm³/mol. The monoisotopic (exact) mass is 714 g/mol. The molecule has 10 aromatic rings. The Kier molecular flexibility index (Phi) is 8.55. The van der Waals surface area contributed by atoms with Gasteiger partial charge in [-0.05, 0) is 99.6 Å². The Labute approximate surface area is 327 Å². The molecular weight excluding hydrogens is 677 g/mol. The van der Waals surface area contributed by atoms with Crippen LogP contribution in [0.15, 0.2) is 231 Å². The molecule has 264 valence electrons. The molecule has 0 aliphatic carbocycles. The predicted octanol–water partition coefficient (Wildman–Crippen LogP) is 14.9. The Balaban J connectivity index is 1.13. The fourth-order valence-corrected chi connectivity index (χ4v) is 8.10. The lowest BCUT2D eigenvalue weighted by Gasteiger charge is -2.29. The Morgan fingerprint density at radius 1 is 0.286 bits per heavy atom. The molecule has 0 radical (unpaired) electrons. The maximum atomic E-state index is 2.41. The van der Waals surface area contributed by atoms with Crippen molar-refractivity contribution in [1.29, 1.82) is 0 Å². The van der Waals surface area contributed by atoms with Crippen molar-refractivity contribution in [3.63, 3.8) is 0 Å². The maximum Gasteiger partial charge on any atom is 0.0541 e. The normalized spacial score (nSPS) is 11.2. The van der Waals surface area contributed by atoms with Crippen molar-refractivity contribution in [1.82, 2.24) is 4.57 Å². The molecule has 0 saturated heterocycles. The summed E-state index contributed by atoms with van der Waals surface area (Å²) in [4.78, 5) is 2.41. The zero-order valence-corrected chi connectivity index (χ0v) is 30.8. The first kappa shape index (κ1) is 33.2. The highest BCUT2D eigenvalue weighted by atomic mass is 15.1. The van der Waals surface area contributed by atoms with E-state index in [0.717, 1.165) is 39.4 Å². The Bertz CT molecular complexity index is 2890. The van der Waals surface area contributed by atoms with Gasteiger partial charge in [0, 0.05) is 33.4 Å². The van der Waals surface area contributed by atoms with E-state index >= 15 is 0 Å². The summed E-state index contributed by atoms with van der Waals surface area (Å²) in [5.41, 5.74) is 16.2. The number of nitrogens with zero attached hydrogens (tertiary/aromatic N) is 2.